The molecule has 0 unspecified atom stereocenters. The zero-order chi connectivity index (χ0) is 18.4. The van der Waals surface area contributed by atoms with Crippen LogP contribution in [-0.2, 0) is 18.9 Å². The van der Waals surface area contributed by atoms with Gasteiger partial charge in [-0.25, -0.2) is 4.79 Å². The summed E-state index contributed by atoms with van der Waals surface area (Å²) in [5.41, 5.74) is -2.13. The third-order valence-corrected chi connectivity index (χ3v) is 3.46. The molecule has 0 saturated carbocycles. The number of halogens is 7. The molecule has 1 aromatic heterocycles. The molecule has 1 heterocycles. The van der Waals surface area contributed by atoms with Crippen LogP contribution in [0.4, 0.5) is 32.2 Å². The van der Waals surface area contributed by atoms with E-state index in [1.807, 2.05) is 0 Å². The van der Waals surface area contributed by atoms with Crippen molar-refractivity contribution >= 4 is 23.3 Å². The molecule has 1 rings (SSSR count). The van der Waals surface area contributed by atoms with Crippen LogP contribution in [0.2, 0.25) is 0 Å². The van der Waals surface area contributed by atoms with Crippen molar-refractivity contribution in [3.63, 3.8) is 0 Å². The van der Waals surface area contributed by atoms with Crippen molar-refractivity contribution in [2.75, 3.05) is 5.32 Å². The number of nitrogens with one attached hydrogen (secondary N) is 1. The van der Waals surface area contributed by atoms with Gasteiger partial charge in [0, 0.05) is 20.2 Å². The molecule has 23 heavy (non-hydrogen) atoms. The minimum Gasteiger partial charge on any atom is -0.310 e. The van der Waals surface area contributed by atoms with E-state index in [1.165, 1.54) is 5.32 Å². The van der Waals surface area contributed by atoms with Crippen LogP contribution >= 0.6 is 11.6 Å². The van der Waals surface area contributed by atoms with E-state index in [2.05, 4.69) is 11.6 Å². The molecule has 6 nitrogen and oxygen atoms in total. The number of nitrogens with zero attached hydrogens (tertiary/aromatic N) is 2. The zero-order valence-electron chi connectivity index (χ0n) is 11.3. The highest BCUT2D eigenvalue weighted by Gasteiger charge is 2.75. The molecule has 1 N–H and O–H groups in total. The highest BCUT2D eigenvalue weighted by atomic mass is 35.5. The average molecular weight is 368 g/mol. The maximum atomic E-state index is 12.6. The molecule has 0 aliphatic carbocycles. The van der Waals surface area contributed by atoms with Gasteiger partial charge in [0.25, 0.3) is 11.5 Å². The fraction of sp³-hybridized carbons (Fsp3) is 0.500. The predicted octanol–water partition coefficient (Wildman–Crippen LogP) is 1.12. The molecule has 0 aliphatic rings. The first-order valence-corrected chi connectivity index (χ1v) is 5.93. The molecule has 0 aliphatic heterocycles. The highest BCUT2D eigenvalue weighted by Crippen LogP contribution is 2.48. The van der Waals surface area contributed by atoms with Crippen LogP contribution in [0.3, 0.4) is 0 Å². The van der Waals surface area contributed by atoms with Crippen molar-refractivity contribution in [2.45, 2.75) is 17.2 Å². The Balaban J connectivity index is 3.42. The number of carbonyl (C=O) groups is 1. The van der Waals surface area contributed by atoms with Gasteiger partial charge in [-0.2, -0.15) is 26.3 Å². The van der Waals surface area contributed by atoms with E-state index < -0.39 is 40.2 Å². The van der Waals surface area contributed by atoms with E-state index >= 15 is 0 Å². The molecule has 13 heteroatoms. The van der Waals surface area contributed by atoms with Gasteiger partial charge in [-0.1, -0.05) is 11.6 Å². The first-order chi connectivity index (χ1) is 10.1. The Hall–Kier alpha value is -1.98. The normalized spacial score (nSPS) is 13.1. The molecule has 0 bridgehead atoms. The topological polar surface area (TPSA) is 73.1 Å². The Bertz CT molecular complexity index is 734. The number of hydrogen-bond acceptors (Lipinski definition) is 3. The van der Waals surface area contributed by atoms with Crippen molar-refractivity contribution in [2.24, 2.45) is 14.1 Å². The summed E-state index contributed by atoms with van der Waals surface area (Å²) in [5.74, 6) is -3.57. The van der Waals surface area contributed by atoms with Gasteiger partial charge in [0.2, 0.25) is 0 Å². The van der Waals surface area contributed by atoms with Crippen molar-refractivity contribution in [1.29, 1.82) is 0 Å². The fourth-order valence-corrected chi connectivity index (χ4v) is 1.52. The van der Waals surface area contributed by atoms with Crippen molar-refractivity contribution in [3.8, 4) is 0 Å². The molecule has 0 saturated heterocycles. The van der Waals surface area contributed by atoms with Crippen molar-refractivity contribution < 1.29 is 31.1 Å². The molecule has 0 radical (unpaired) electrons. The molecule has 1 aromatic rings. The van der Waals surface area contributed by atoms with E-state index in [0.717, 1.165) is 14.1 Å². The van der Waals surface area contributed by atoms with E-state index in [4.69, 9.17) is 0 Å². The lowest BCUT2D eigenvalue weighted by atomic mass is 10.1. The zero-order valence-corrected chi connectivity index (χ0v) is 12.1. The van der Waals surface area contributed by atoms with E-state index in [0.29, 0.717) is 15.2 Å². The lowest BCUT2D eigenvalue weighted by molar-refractivity contribution is -0.258. The third-order valence-electron chi connectivity index (χ3n) is 2.86. The number of hydrogen-bond donors (Lipinski definition) is 1. The molecule has 0 fully saturated rings. The summed E-state index contributed by atoms with van der Waals surface area (Å²) in [6.45, 7) is 0. The Kier molecular flexibility index (Phi) is 4.63. The summed E-state index contributed by atoms with van der Waals surface area (Å²) in [5, 5.41) is 1.21. The molecule has 1 amide bonds. The van der Waals surface area contributed by atoms with E-state index in [-0.39, 0.29) is 0 Å². The van der Waals surface area contributed by atoms with Gasteiger partial charge in [-0.05, 0) is 0 Å². The molecular weight excluding hydrogens is 360 g/mol. The second-order valence-electron chi connectivity index (χ2n) is 4.38. The number of carbonyl (C=O) groups excluding carboxylic acids is 1. The molecule has 0 spiro atoms. The smallest absolute Gasteiger partial charge is 0.310 e. The summed E-state index contributed by atoms with van der Waals surface area (Å²) in [6, 6.07) is 0.476. The lowest BCUT2D eigenvalue weighted by Gasteiger charge is -2.30. The monoisotopic (exact) mass is 367 g/mol. The quantitative estimate of drug-likeness (QED) is 0.629. The second-order valence-corrected chi connectivity index (χ2v) is 4.94. The first-order valence-electron chi connectivity index (χ1n) is 5.55. The number of rotatable bonds is 2. The number of alkyl halides is 7. The summed E-state index contributed by atoms with van der Waals surface area (Å²) >= 11 is 4.52. The summed E-state index contributed by atoms with van der Waals surface area (Å²) in [7, 11) is 1.95. The fourth-order valence-electron chi connectivity index (χ4n) is 1.47. The van der Waals surface area contributed by atoms with Crippen molar-refractivity contribution in [1.82, 2.24) is 9.13 Å². The van der Waals surface area contributed by atoms with Crippen molar-refractivity contribution in [3.05, 3.63) is 26.9 Å². The number of anilines is 1. The predicted molar refractivity (Wildman–Crippen MR) is 66.2 cm³/mol. The molecular formula is C10H8ClF6N3O3. The van der Waals surface area contributed by atoms with Crippen LogP contribution in [-0.4, -0.2) is 32.3 Å². The van der Waals surface area contributed by atoms with Crippen LogP contribution in [0.15, 0.2) is 15.7 Å². The van der Waals surface area contributed by atoms with Crippen LogP contribution in [0.1, 0.15) is 0 Å². The van der Waals surface area contributed by atoms with Gasteiger partial charge in [-0.15, -0.1) is 0 Å². The van der Waals surface area contributed by atoms with Gasteiger partial charge in [-0.3, -0.25) is 18.7 Å². The van der Waals surface area contributed by atoms with Crippen LogP contribution < -0.4 is 16.6 Å². The Morgan fingerprint density at radius 1 is 1.04 bits per heavy atom. The Labute approximate surface area is 128 Å². The SMILES string of the molecule is Cn1c(NC(=O)C(Cl)(C(F)(F)F)C(F)(F)F)cc(=O)n(C)c1=O. The Morgan fingerprint density at radius 2 is 1.48 bits per heavy atom. The maximum Gasteiger partial charge on any atom is 0.425 e. The van der Waals surface area contributed by atoms with Gasteiger partial charge >= 0.3 is 22.9 Å². The summed E-state index contributed by atoms with van der Waals surface area (Å²) in [4.78, 5) is 29.1. The minimum atomic E-state index is -6.17. The van der Waals surface area contributed by atoms with Gasteiger partial charge in [0.15, 0.2) is 0 Å². The van der Waals surface area contributed by atoms with Gasteiger partial charge in [0.1, 0.15) is 5.82 Å². The highest BCUT2D eigenvalue weighted by molar-refractivity contribution is 6.38. The third kappa shape index (κ3) is 3.07. The van der Waals surface area contributed by atoms with Crippen LogP contribution in [0.25, 0.3) is 0 Å². The maximum absolute atomic E-state index is 12.6. The number of aromatic nitrogens is 2. The first kappa shape index (κ1) is 19.1. The van der Waals surface area contributed by atoms with Crippen LogP contribution in [0, 0.1) is 0 Å². The summed E-state index contributed by atoms with van der Waals surface area (Å²) in [6.07, 6.45) is -12.3. The average Bonchev–Trinajstić information content (AvgIpc) is 2.38. The number of amides is 1. The van der Waals surface area contributed by atoms with Crippen LogP contribution in [0.5, 0.6) is 0 Å². The second kappa shape index (κ2) is 5.58. The largest absolute Gasteiger partial charge is 0.425 e. The lowest BCUT2D eigenvalue weighted by Crippen LogP contribution is -2.60. The Morgan fingerprint density at radius 3 is 1.87 bits per heavy atom. The van der Waals surface area contributed by atoms with E-state index in [1.54, 1.807) is 0 Å². The van der Waals surface area contributed by atoms with Gasteiger partial charge in [0.05, 0.1) is 0 Å². The summed E-state index contributed by atoms with van der Waals surface area (Å²) < 4.78 is 76.8. The molecule has 130 valence electrons. The van der Waals surface area contributed by atoms with E-state index in [9.17, 15) is 40.7 Å². The van der Waals surface area contributed by atoms with Gasteiger partial charge < -0.3 is 5.32 Å². The minimum absolute atomic E-state index is 0.476. The standard InChI is InChI=1S/C10H8ClF6N3O3/c1-19-4(3-5(21)20(2)7(19)23)18-6(22)8(11,9(12,13)14)10(15,16)17/h3H,1-2H3,(H,18,22). The molecule has 0 atom stereocenters. The molecule has 0 aromatic carbocycles.